The lowest BCUT2D eigenvalue weighted by Crippen LogP contribution is -2.11. The van der Waals surface area contributed by atoms with Crippen LogP contribution in [0.15, 0.2) is 12.4 Å². The van der Waals surface area contributed by atoms with E-state index in [1.165, 1.54) is 12.4 Å². The second-order valence-corrected chi connectivity index (χ2v) is 2.98. The fraction of sp³-hybridized carbons (Fsp3) is 0.286. The van der Waals surface area contributed by atoms with Crippen LogP contribution in [0.4, 0.5) is 11.6 Å². The highest BCUT2D eigenvalue weighted by Gasteiger charge is 2.10. The summed E-state index contributed by atoms with van der Waals surface area (Å²) in [6, 6.07) is -0.118. The molecule has 1 unspecified atom stereocenters. The molecule has 0 aliphatic rings. The molecular weight excluding hydrogens is 196 g/mol. The highest BCUT2D eigenvalue weighted by Crippen LogP contribution is 2.11. The second-order valence-electron chi connectivity index (χ2n) is 2.98. The van der Waals surface area contributed by atoms with E-state index in [4.69, 9.17) is 5.73 Å². The summed E-state index contributed by atoms with van der Waals surface area (Å²) in [7, 11) is 0. The van der Waals surface area contributed by atoms with Gasteiger partial charge in [0.05, 0.1) is 24.1 Å². The van der Waals surface area contributed by atoms with E-state index < -0.39 is 0 Å². The third kappa shape index (κ3) is 2.16. The minimum absolute atomic E-state index is 0.118. The maximum atomic E-state index is 5.46. The molecule has 2 aromatic heterocycles. The van der Waals surface area contributed by atoms with Crippen LogP contribution >= 0.6 is 0 Å². The Morgan fingerprint density at radius 1 is 1.40 bits per heavy atom. The summed E-state index contributed by atoms with van der Waals surface area (Å²) in [5, 5.41) is 16.5. The van der Waals surface area contributed by atoms with Gasteiger partial charge in [-0.15, -0.1) is 10.2 Å². The van der Waals surface area contributed by atoms with Crippen LogP contribution in [0.1, 0.15) is 18.8 Å². The van der Waals surface area contributed by atoms with Crippen molar-refractivity contribution >= 4 is 11.6 Å². The predicted molar refractivity (Wildman–Crippen MR) is 52.7 cm³/mol. The first-order valence-electron chi connectivity index (χ1n) is 4.33. The number of nitrogens with two attached hydrogens (primary N) is 1. The van der Waals surface area contributed by atoms with Gasteiger partial charge in [-0.1, -0.05) is 5.21 Å². The molecule has 0 aromatic carbocycles. The minimum atomic E-state index is -0.118. The van der Waals surface area contributed by atoms with Crippen LogP contribution in [-0.2, 0) is 0 Å². The number of aromatic amines is 1. The van der Waals surface area contributed by atoms with Crippen LogP contribution in [0.25, 0.3) is 0 Å². The summed E-state index contributed by atoms with van der Waals surface area (Å²) in [5.74, 6) is 1.02. The average Bonchev–Trinajstić information content (AvgIpc) is 2.74. The zero-order chi connectivity index (χ0) is 10.7. The number of hydrogen-bond donors (Lipinski definition) is 3. The summed E-state index contributed by atoms with van der Waals surface area (Å²) in [5.41, 5.74) is 5.98. The van der Waals surface area contributed by atoms with Crippen molar-refractivity contribution in [2.75, 3.05) is 11.1 Å². The highest BCUT2D eigenvalue weighted by molar-refractivity contribution is 5.36. The number of nitrogens with zero attached hydrogens (tertiary/aromatic N) is 5. The molecule has 15 heavy (non-hydrogen) atoms. The fourth-order valence-corrected chi connectivity index (χ4v) is 1.02. The van der Waals surface area contributed by atoms with Gasteiger partial charge in [0.25, 0.3) is 0 Å². The monoisotopic (exact) mass is 206 g/mol. The summed E-state index contributed by atoms with van der Waals surface area (Å²) >= 11 is 0. The lowest BCUT2D eigenvalue weighted by Gasteiger charge is -2.08. The molecule has 8 heteroatoms. The molecule has 2 aromatic rings. The normalized spacial score (nSPS) is 12.3. The van der Waals surface area contributed by atoms with Gasteiger partial charge in [0.15, 0.2) is 5.82 Å². The van der Waals surface area contributed by atoms with Gasteiger partial charge in [0.1, 0.15) is 0 Å². The first-order valence-corrected chi connectivity index (χ1v) is 4.33. The quantitative estimate of drug-likeness (QED) is 0.633. The molecule has 0 amide bonds. The van der Waals surface area contributed by atoms with Gasteiger partial charge >= 0.3 is 0 Å². The zero-order valence-electron chi connectivity index (χ0n) is 8.05. The van der Waals surface area contributed by atoms with Crippen LogP contribution in [0.3, 0.4) is 0 Å². The number of rotatable bonds is 3. The Labute approximate surface area is 85.3 Å². The number of anilines is 2. The van der Waals surface area contributed by atoms with E-state index in [1.54, 1.807) is 0 Å². The number of hydrogen-bond acceptors (Lipinski definition) is 7. The Morgan fingerprint density at radius 2 is 2.13 bits per heavy atom. The van der Waals surface area contributed by atoms with E-state index in [0.29, 0.717) is 17.5 Å². The third-order valence-corrected chi connectivity index (χ3v) is 1.77. The maximum absolute atomic E-state index is 5.46. The van der Waals surface area contributed by atoms with Crippen LogP contribution in [0, 0.1) is 0 Å². The summed E-state index contributed by atoms with van der Waals surface area (Å²) in [4.78, 5) is 7.99. The van der Waals surface area contributed by atoms with Gasteiger partial charge in [-0.3, -0.25) is 0 Å². The fourth-order valence-electron chi connectivity index (χ4n) is 1.02. The Morgan fingerprint density at radius 3 is 2.73 bits per heavy atom. The molecule has 0 saturated carbocycles. The molecule has 78 valence electrons. The molecule has 2 heterocycles. The number of nitrogen functional groups attached to an aromatic ring is 1. The number of tetrazole rings is 1. The number of H-pyrrole nitrogens is 1. The predicted octanol–water partition coefficient (Wildman–Crippen LogP) is -0.255. The standard InChI is InChI=1S/C7H10N8/c1-4(6-12-14-15-13-6)11-7-9-2-5(8)3-10-7/h2-4H,8H2,1H3,(H,9,10,11)(H,12,13,14,15). The van der Waals surface area contributed by atoms with Crippen molar-refractivity contribution in [1.29, 1.82) is 0 Å². The van der Waals surface area contributed by atoms with Gasteiger partial charge in [-0.05, 0) is 6.92 Å². The molecule has 0 spiro atoms. The van der Waals surface area contributed by atoms with Crippen LogP contribution in [0.5, 0.6) is 0 Å². The molecule has 0 bridgehead atoms. The van der Waals surface area contributed by atoms with E-state index in [1.807, 2.05) is 6.92 Å². The Balaban J connectivity index is 2.06. The van der Waals surface area contributed by atoms with Gasteiger partial charge < -0.3 is 11.1 Å². The van der Waals surface area contributed by atoms with Crippen molar-refractivity contribution in [2.24, 2.45) is 0 Å². The smallest absolute Gasteiger partial charge is 0.223 e. The van der Waals surface area contributed by atoms with E-state index in [-0.39, 0.29) is 6.04 Å². The molecule has 0 radical (unpaired) electrons. The molecule has 4 N–H and O–H groups in total. The van der Waals surface area contributed by atoms with Gasteiger partial charge in [0.2, 0.25) is 5.95 Å². The van der Waals surface area contributed by atoms with Gasteiger partial charge in [-0.25, -0.2) is 9.97 Å². The van der Waals surface area contributed by atoms with E-state index >= 15 is 0 Å². The van der Waals surface area contributed by atoms with Crippen molar-refractivity contribution in [1.82, 2.24) is 30.6 Å². The molecular formula is C7H10N8. The van der Waals surface area contributed by atoms with Crippen molar-refractivity contribution in [3.63, 3.8) is 0 Å². The zero-order valence-corrected chi connectivity index (χ0v) is 8.05. The van der Waals surface area contributed by atoms with Crippen molar-refractivity contribution in [3.8, 4) is 0 Å². The van der Waals surface area contributed by atoms with Crippen LogP contribution in [-0.4, -0.2) is 30.6 Å². The summed E-state index contributed by atoms with van der Waals surface area (Å²) < 4.78 is 0. The molecule has 0 fully saturated rings. The maximum Gasteiger partial charge on any atom is 0.223 e. The van der Waals surface area contributed by atoms with Crippen LogP contribution in [0.2, 0.25) is 0 Å². The first kappa shape index (κ1) is 9.31. The first-order chi connectivity index (χ1) is 7.25. The lowest BCUT2D eigenvalue weighted by atomic mass is 10.3. The molecule has 0 aliphatic carbocycles. The Bertz CT molecular complexity index is 407. The number of aromatic nitrogens is 6. The Kier molecular flexibility index (Phi) is 2.40. The Hall–Kier alpha value is -2.25. The summed E-state index contributed by atoms with van der Waals surface area (Å²) in [6.45, 7) is 1.88. The minimum Gasteiger partial charge on any atom is -0.396 e. The van der Waals surface area contributed by atoms with E-state index in [9.17, 15) is 0 Å². The van der Waals surface area contributed by atoms with Crippen molar-refractivity contribution in [2.45, 2.75) is 13.0 Å². The SMILES string of the molecule is CC(Nc1ncc(N)cn1)c1nn[nH]n1. The number of nitrogens with one attached hydrogen (secondary N) is 2. The van der Waals surface area contributed by atoms with Gasteiger partial charge in [0, 0.05) is 0 Å². The molecule has 8 nitrogen and oxygen atoms in total. The molecule has 0 aliphatic heterocycles. The van der Waals surface area contributed by atoms with Crippen molar-refractivity contribution in [3.05, 3.63) is 18.2 Å². The topological polar surface area (TPSA) is 118 Å². The van der Waals surface area contributed by atoms with Crippen molar-refractivity contribution < 1.29 is 0 Å². The third-order valence-electron chi connectivity index (χ3n) is 1.77. The van der Waals surface area contributed by atoms with Gasteiger partial charge in [-0.2, -0.15) is 5.21 Å². The lowest BCUT2D eigenvalue weighted by molar-refractivity contribution is 0.781. The summed E-state index contributed by atoms with van der Waals surface area (Å²) in [6.07, 6.45) is 3.05. The van der Waals surface area contributed by atoms with E-state index in [0.717, 1.165) is 0 Å². The van der Waals surface area contributed by atoms with Crippen LogP contribution < -0.4 is 11.1 Å². The van der Waals surface area contributed by atoms with E-state index in [2.05, 4.69) is 35.9 Å². The highest BCUT2D eigenvalue weighted by atomic mass is 15.5. The molecule has 0 saturated heterocycles. The largest absolute Gasteiger partial charge is 0.396 e. The average molecular weight is 206 g/mol. The molecule has 1 atom stereocenters. The molecule has 2 rings (SSSR count). The second kappa shape index (κ2) is 3.86.